The van der Waals surface area contributed by atoms with Crippen LogP contribution in [0.5, 0.6) is 11.5 Å². The summed E-state index contributed by atoms with van der Waals surface area (Å²) in [5, 5.41) is 2.65. The van der Waals surface area contributed by atoms with E-state index in [-0.39, 0.29) is 10.8 Å². The molecule has 0 N–H and O–H groups in total. The lowest BCUT2D eigenvalue weighted by Gasteiger charge is -2.34. The molecule has 1 heterocycles. The van der Waals surface area contributed by atoms with Crippen LogP contribution in [-0.2, 0) is 10.8 Å². The molecule has 0 atom stereocenters. The Hall–Kier alpha value is -3.84. The van der Waals surface area contributed by atoms with Gasteiger partial charge >= 0.3 is 0 Å². The van der Waals surface area contributed by atoms with E-state index in [9.17, 15) is 0 Å². The van der Waals surface area contributed by atoms with E-state index in [2.05, 4.69) is 119 Å². The van der Waals surface area contributed by atoms with Crippen molar-refractivity contribution in [1.29, 1.82) is 0 Å². The number of hydrogen-bond acceptors (Lipinski definition) is 1. The average Bonchev–Trinajstić information content (AvgIpc) is 3.10. The molecule has 7 rings (SSSR count). The van der Waals surface area contributed by atoms with Crippen LogP contribution in [0.2, 0.25) is 0 Å². The van der Waals surface area contributed by atoms with Gasteiger partial charge in [0.05, 0.1) is 0 Å². The summed E-state index contributed by atoms with van der Waals surface area (Å²) >= 11 is 0. The maximum atomic E-state index is 6.29. The number of benzene rings is 5. The molecule has 1 heteroatoms. The van der Waals surface area contributed by atoms with Crippen LogP contribution in [0.1, 0.15) is 49.9 Å². The zero-order valence-electron chi connectivity index (χ0n) is 20.6. The van der Waals surface area contributed by atoms with Crippen LogP contribution in [0, 0.1) is 0 Å². The Morgan fingerprint density at radius 1 is 0.514 bits per heavy atom. The topological polar surface area (TPSA) is 9.23 Å². The third kappa shape index (κ3) is 2.76. The van der Waals surface area contributed by atoms with Crippen molar-refractivity contribution in [2.24, 2.45) is 0 Å². The van der Waals surface area contributed by atoms with Crippen molar-refractivity contribution in [3.8, 4) is 33.8 Å². The Kier molecular flexibility index (Phi) is 4.02. The lowest BCUT2D eigenvalue weighted by atomic mass is 9.75. The van der Waals surface area contributed by atoms with Gasteiger partial charge in [-0.05, 0) is 68.4 Å². The van der Waals surface area contributed by atoms with Crippen LogP contribution in [0.25, 0.3) is 33.0 Å². The first-order valence-corrected chi connectivity index (χ1v) is 12.4. The minimum Gasteiger partial charge on any atom is -0.457 e. The Balaban J connectivity index is 1.38. The smallest absolute Gasteiger partial charge is 0.131 e. The second kappa shape index (κ2) is 6.86. The van der Waals surface area contributed by atoms with Gasteiger partial charge in [0.25, 0.3) is 0 Å². The average molecular weight is 453 g/mol. The van der Waals surface area contributed by atoms with Crippen molar-refractivity contribution in [2.45, 2.75) is 38.5 Å². The molecule has 0 spiro atoms. The molecule has 1 aliphatic heterocycles. The summed E-state index contributed by atoms with van der Waals surface area (Å²) in [6, 6.07) is 35.5. The SMILES string of the molecule is CC1(C)c2ccccc2Oc2ccc(-c3ccc4c(c3)C(C)(C)c3ccc5ccccc5c3-4)cc21. The van der Waals surface area contributed by atoms with Gasteiger partial charge in [0, 0.05) is 22.0 Å². The van der Waals surface area contributed by atoms with Crippen molar-refractivity contribution in [3.63, 3.8) is 0 Å². The monoisotopic (exact) mass is 452 g/mol. The fourth-order valence-corrected chi connectivity index (χ4v) is 6.31. The van der Waals surface area contributed by atoms with Crippen LogP contribution < -0.4 is 4.74 Å². The van der Waals surface area contributed by atoms with E-state index in [4.69, 9.17) is 4.74 Å². The summed E-state index contributed by atoms with van der Waals surface area (Å²) in [5.74, 6) is 1.92. The highest BCUT2D eigenvalue weighted by molar-refractivity contribution is 6.02. The Morgan fingerprint density at radius 2 is 1.17 bits per heavy atom. The van der Waals surface area contributed by atoms with E-state index in [1.807, 2.05) is 6.07 Å². The number of fused-ring (bicyclic) bond motifs is 7. The van der Waals surface area contributed by atoms with Crippen LogP contribution >= 0.6 is 0 Å². The zero-order valence-corrected chi connectivity index (χ0v) is 20.6. The normalized spacial score (nSPS) is 16.1. The van der Waals surface area contributed by atoms with E-state index < -0.39 is 0 Å². The number of para-hydroxylation sites is 1. The standard InChI is InChI=1S/C34H28O/c1-33(2)26-11-7-8-12-30(26)35-31-18-15-23(20-29(31)33)22-13-16-25-28(19-22)34(3,4)27-17-14-21-9-5-6-10-24(21)32(25)27/h5-20H,1-4H3. The Labute approximate surface area is 207 Å². The predicted octanol–water partition coefficient (Wildman–Crippen LogP) is 9.24. The quantitative estimate of drug-likeness (QED) is 0.246. The molecule has 0 saturated heterocycles. The highest BCUT2D eigenvalue weighted by Gasteiger charge is 2.37. The third-order valence-electron chi connectivity index (χ3n) is 8.33. The summed E-state index contributed by atoms with van der Waals surface area (Å²) in [4.78, 5) is 0. The Bertz CT molecular complexity index is 1670. The van der Waals surface area contributed by atoms with Gasteiger partial charge in [-0.2, -0.15) is 0 Å². The van der Waals surface area contributed by atoms with E-state index in [1.165, 1.54) is 55.3 Å². The fourth-order valence-electron chi connectivity index (χ4n) is 6.31. The molecule has 5 aromatic carbocycles. The summed E-state index contributed by atoms with van der Waals surface area (Å²) in [6.45, 7) is 9.31. The largest absolute Gasteiger partial charge is 0.457 e. The van der Waals surface area contributed by atoms with Crippen molar-refractivity contribution >= 4 is 10.8 Å². The van der Waals surface area contributed by atoms with Gasteiger partial charge in [0.2, 0.25) is 0 Å². The summed E-state index contributed by atoms with van der Waals surface area (Å²) in [7, 11) is 0. The molecular weight excluding hydrogens is 424 g/mol. The van der Waals surface area contributed by atoms with Crippen LogP contribution in [0.3, 0.4) is 0 Å². The molecule has 1 aliphatic carbocycles. The molecule has 170 valence electrons. The molecule has 0 fully saturated rings. The first kappa shape index (κ1) is 20.5. The molecular formula is C34H28O. The summed E-state index contributed by atoms with van der Waals surface area (Å²) in [6.07, 6.45) is 0. The molecule has 1 nitrogen and oxygen atoms in total. The van der Waals surface area contributed by atoms with Crippen molar-refractivity contribution in [2.75, 3.05) is 0 Å². The van der Waals surface area contributed by atoms with Crippen molar-refractivity contribution < 1.29 is 4.74 Å². The van der Waals surface area contributed by atoms with Gasteiger partial charge in [0.1, 0.15) is 11.5 Å². The molecule has 0 radical (unpaired) electrons. The van der Waals surface area contributed by atoms with Crippen molar-refractivity contribution in [3.05, 3.63) is 119 Å². The predicted molar refractivity (Wildman–Crippen MR) is 146 cm³/mol. The molecule has 5 aromatic rings. The van der Waals surface area contributed by atoms with Crippen LogP contribution in [-0.4, -0.2) is 0 Å². The Morgan fingerprint density at radius 3 is 2.03 bits per heavy atom. The summed E-state index contributed by atoms with van der Waals surface area (Å²) in [5.41, 5.74) is 10.4. The van der Waals surface area contributed by atoms with E-state index in [1.54, 1.807) is 0 Å². The molecule has 0 amide bonds. The molecule has 2 aliphatic rings. The van der Waals surface area contributed by atoms with Gasteiger partial charge < -0.3 is 4.74 Å². The van der Waals surface area contributed by atoms with E-state index in [0.717, 1.165) is 11.5 Å². The number of rotatable bonds is 1. The minimum absolute atomic E-state index is 0.0414. The van der Waals surface area contributed by atoms with Crippen LogP contribution in [0.4, 0.5) is 0 Å². The second-order valence-corrected chi connectivity index (χ2v) is 11.0. The fraction of sp³-hybridized carbons (Fsp3) is 0.176. The molecule has 0 unspecified atom stereocenters. The highest BCUT2D eigenvalue weighted by atomic mass is 16.5. The maximum absolute atomic E-state index is 6.29. The van der Waals surface area contributed by atoms with E-state index >= 15 is 0 Å². The van der Waals surface area contributed by atoms with Gasteiger partial charge in [-0.15, -0.1) is 0 Å². The first-order valence-electron chi connectivity index (χ1n) is 12.4. The minimum atomic E-state index is -0.120. The zero-order chi connectivity index (χ0) is 23.9. The van der Waals surface area contributed by atoms with Gasteiger partial charge in [-0.25, -0.2) is 0 Å². The number of hydrogen-bond donors (Lipinski definition) is 0. The molecule has 0 aromatic heterocycles. The first-order chi connectivity index (χ1) is 16.9. The van der Waals surface area contributed by atoms with Crippen molar-refractivity contribution in [1.82, 2.24) is 0 Å². The van der Waals surface area contributed by atoms with Gasteiger partial charge in [-0.1, -0.05) is 100 Å². The summed E-state index contributed by atoms with van der Waals surface area (Å²) < 4.78 is 6.29. The highest BCUT2D eigenvalue weighted by Crippen LogP contribution is 2.53. The second-order valence-electron chi connectivity index (χ2n) is 11.0. The molecule has 0 bridgehead atoms. The maximum Gasteiger partial charge on any atom is 0.131 e. The third-order valence-corrected chi connectivity index (χ3v) is 8.33. The van der Waals surface area contributed by atoms with Gasteiger partial charge in [0.15, 0.2) is 0 Å². The lowest BCUT2D eigenvalue weighted by molar-refractivity contribution is 0.418. The lowest BCUT2D eigenvalue weighted by Crippen LogP contribution is -2.24. The molecule has 0 saturated carbocycles. The van der Waals surface area contributed by atoms with E-state index in [0.29, 0.717) is 0 Å². The number of ether oxygens (including phenoxy) is 1. The molecule has 35 heavy (non-hydrogen) atoms. The van der Waals surface area contributed by atoms with Gasteiger partial charge in [-0.3, -0.25) is 0 Å². The van der Waals surface area contributed by atoms with Crippen LogP contribution in [0.15, 0.2) is 97.1 Å².